The maximum absolute atomic E-state index is 13.5. The lowest BCUT2D eigenvalue weighted by Gasteiger charge is -2.32. The Morgan fingerprint density at radius 1 is 1.00 bits per heavy atom. The monoisotopic (exact) mass is 482 g/mol. The van der Waals surface area contributed by atoms with Crippen LogP contribution in [0.5, 0.6) is 0 Å². The maximum atomic E-state index is 13.5. The summed E-state index contributed by atoms with van der Waals surface area (Å²) < 4.78 is 5.23. The number of alkyl carbamates (subject to hydrolysis) is 1. The first-order chi connectivity index (χ1) is 16.4. The highest BCUT2D eigenvalue weighted by molar-refractivity contribution is 5.94. The maximum Gasteiger partial charge on any atom is 0.408 e. The van der Waals surface area contributed by atoms with Gasteiger partial charge in [0.25, 0.3) is 0 Å². The standard InChI is InChI=1S/C26H34N4O5/c1-17-11-9-10-14-19(17)22(23(32)28-16-18-12-7-6-8-13-18)30(5)24(33)20(15-21(27)31)29-25(34)35-26(2,3)4/h6-14,20,22H,15-16H2,1-5H3,(H2,27,31)(H,28,32)(H,29,34). The Hall–Kier alpha value is -3.88. The van der Waals surface area contributed by atoms with Gasteiger partial charge >= 0.3 is 6.09 Å². The van der Waals surface area contributed by atoms with Crippen LogP contribution in [0, 0.1) is 6.92 Å². The average molecular weight is 483 g/mol. The van der Waals surface area contributed by atoms with Crippen LogP contribution < -0.4 is 16.4 Å². The normalized spacial score (nSPS) is 12.7. The minimum Gasteiger partial charge on any atom is -0.444 e. The Morgan fingerprint density at radius 2 is 1.60 bits per heavy atom. The van der Waals surface area contributed by atoms with Crippen LogP contribution in [0.2, 0.25) is 0 Å². The van der Waals surface area contributed by atoms with Gasteiger partial charge in [0.05, 0.1) is 6.42 Å². The molecule has 9 nitrogen and oxygen atoms in total. The van der Waals surface area contributed by atoms with Gasteiger partial charge in [0, 0.05) is 13.6 Å². The second-order valence-electron chi connectivity index (χ2n) is 9.28. The molecular weight excluding hydrogens is 448 g/mol. The molecule has 4 N–H and O–H groups in total. The zero-order valence-corrected chi connectivity index (χ0v) is 20.8. The lowest BCUT2D eigenvalue weighted by molar-refractivity contribution is -0.141. The average Bonchev–Trinajstić information content (AvgIpc) is 2.77. The molecule has 0 heterocycles. The van der Waals surface area contributed by atoms with Gasteiger partial charge in [-0.25, -0.2) is 4.79 Å². The highest BCUT2D eigenvalue weighted by Gasteiger charge is 2.35. The topological polar surface area (TPSA) is 131 Å². The highest BCUT2D eigenvalue weighted by Crippen LogP contribution is 2.24. The minimum absolute atomic E-state index is 0.269. The third-order valence-corrected chi connectivity index (χ3v) is 5.17. The molecule has 2 aromatic carbocycles. The zero-order chi connectivity index (χ0) is 26.2. The molecule has 0 radical (unpaired) electrons. The quantitative estimate of drug-likeness (QED) is 0.506. The lowest BCUT2D eigenvalue weighted by atomic mass is 9.98. The van der Waals surface area contributed by atoms with Crippen LogP contribution in [-0.2, 0) is 25.7 Å². The van der Waals surface area contributed by atoms with Crippen LogP contribution in [0.1, 0.15) is 49.9 Å². The number of ether oxygens (including phenoxy) is 1. The fourth-order valence-electron chi connectivity index (χ4n) is 3.53. The summed E-state index contributed by atoms with van der Waals surface area (Å²) >= 11 is 0. The summed E-state index contributed by atoms with van der Waals surface area (Å²) in [4.78, 5) is 52.0. The van der Waals surface area contributed by atoms with Crippen LogP contribution in [0.3, 0.4) is 0 Å². The fraction of sp³-hybridized carbons (Fsp3) is 0.385. The van der Waals surface area contributed by atoms with Crippen LogP contribution in [0.4, 0.5) is 4.79 Å². The Balaban J connectivity index is 2.32. The van der Waals surface area contributed by atoms with E-state index in [4.69, 9.17) is 10.5 Å². The molecule has 9 heteroatoms. The number of carbonyl (C=O) groups is 4. The number of hydrogen-bond donors (Lipinski definition) is 3. The van der Waals surface area contributed by atoms with Crippen LogP contribution in [0.15, 0.2) is 54.6 Å². The van der Waals surface area contributed by atoms with Gasteiger partial charge in [0.1, 0.15) is 17.7 Å². The largest absolute Gasteiger partial charge is 0.444 e. The second kappa shape index (κ2) is 12.0. The molecule has 0 aromatic heterocycles. The number of primary amides is 1. The number of carbonyl (C=O) groups excluding carboxylic acids is 4. The van der Waals surface area contributed by atoms with Gasteiger partial charge in [-0.05, 0) is 44.4 Å². The summed E-state index contributed by atoms with van der Waals surface area (Å²) in [7, 11) is 1.45. The molecule has 2 atom stereocenters. The Labute approximate surface area is 206 Å². The Morgan fingerprint density at radius 3 is 2.17 bits per heavy atom. The van der Waals surface area contributed by atoms with E-state index in [0.717, 1.165) is 11.1 Å². The highest BCUT2D eigenvalue weighted by atomic mass is 16.6. The minimum atomic E-state index is -1.30. The van der Waals surface area contributed by atoms with Gasteiger partial charge in [-0.15, -0.1) is 0 Å². The van der Waals surface area contributed by atoms with Crippen molar-refractivity contribution in [1.29, 1.82) is 0 Å². The van der Waals surface area contributed by atoms with Gasteiger partial charge in [-0.2, -0.15) is 0 Å². The van der Waals surface area contributed by atoms with E-state index in [1.807, 2.05) is 49.4 Å². The van der Waals surface area contributed by atoms with Crippen molar-refractivity contribution in [2.45, 2.75) is 58.3 Å². The van der Waals surface area contributed by atoms with Gasteiger partial charge in [-0.3, -0.25) is 14.4 Å². The van der Waals surface area contributed by atoms with Crippen LogP contribution in [0.25, 0.3) is 0 Å². The zero-order valence-electron chi connectivity index (χ0n) is 20.8. The van der Waals surface area contributed by atoms with E-state index in [1.165, 1.54) is 11.9 Å². The number of aryl methyl sites for hydroxylation is 1. The first kappa shape index (κ1) is 27.4. The van der Waals surface area contributed by atoms with E-state index in [9.17, 15) is 19.2 Å². The number of amides is 4. The molecule has 2 unspecified atom stereocenters. The molecule has 0 saturated heterocycles. The molecular formula is C26H34N4O5. The van der Waals surface area contributed by atoms with Crippen molar-refractivity contribution in [3.05, 3.63) is 71.3 Å². The smallest absolute Gasteiger partial charge is 0.408 e. The third kappa shape index (κ3) is 8.44. The summed E-state index contributed by atoms with van der Waals surface area (Å²) in [6.45, 7) is 7.13. The molecule has 2 aromatic rings. The number of hydrogen-bond acceptors (Lipinski definition) is 5. The van der Waals surface area contributed by atoms with E-state index >= 15 is 0 Å². The molecule has 0 spiro atoms. The predicted molar refractivity (Wildman–Crippen MR) is 132 cm³/mol. The lowest BCUT2D eigenvalue weighted by Crippen LogP contribution is -2.52. The Bertz CT molecular complexity index is 1050. The Kier molecular flexibility index (Phi) is 9.39. The number of likely N-dealkylation sites (N-methyl/N-ethyl adjacent to an activating group) is 1. The van der Waals surface area contributed by atoms with E-state index in [0.29, 0.717) is 5.56 Å². The van der Waals surface area contributed by atoms with Crippen molar-refractivity contribution in [3.63, 3.8) is 0 Å². The molecule has 35 heavy (non-hydrogen) atoms. The molecule has 0 bridgehead atoms. The van der Waals surface area contributed by atoms with E-state index in [1.54, 1.807) is 32.9 Å². The first-order valence-electron chi connectivity index (χ1n) is 11.3. The summed E-state index contributed by atoms with van der Waals surface area (Å²) in [6.07, 6.45) is -1.32. The molecule has 0 saturated carbocycles. The molecule has 0 aliphatic heterocycles. The summed E-state index contributed by atoms with van der Waals surface area (Å²) in [6, 6.07) is 14.3. The molecule has 188 valence electrons. The van der Waals surface area contributed by atoms with Crippen molar-refractivity contribution in [1.82, 2.24) is 15.5 Å². The fourth-order valence-corrected chi connectivity index (χ4v) is 3.53. The third-order valence-electron chi connectivity index (χ3n) is 5.17. The summed E-state index contributed by atoms with van der Waals surface area (Å²) in [5.74, 6) is -1.85. The van der Waals surface area contributed by atoms with Crippen molar-refractivity contribution >= 4 is 23.8 Å². The van der Waals surface area contributed by atoms with Gasteiger partial charge in [0.15, 0.2) is 0 Å². The number of nitrogens with two attached hydrogens (primary N) is 1. The predicted octanol–water partition coefficient (Wildman–Crippen LogP) is 2.58. The van der Waals surface area contributed by atoms with E-state index in [-0.39, 0.29) is 6.54 Å². The molecule has 2 rings (SSSR count). The number of rotatable bonds is 9. The first-order valence-corrected chi connectivity index (χ1v) is 11.3. The molecule has 0 aliphatic carbocycles. The molecule has 0 fully saturated rings. The number of nitrogens with zero attached hydrogens (tertiary/aromatic N) is 1. The van der Waals surface area contributed by atoms with Crippen molar-refractivity contribution in [2.24, 2.45) is 5.73 Å². The summed E-state index contributed by atoms with van der Waals surface area (Å²) in [5.41, 5.74) is 6.85. The number of benzene rings is 2. The SMILES string of the molecule is Cc1ccccc1C(C(=O)NCc1ccccc1)N(C)C(=O)C(CC(N)=O)NC(=O)OC(C)(C)C. The van der Waals surface area contributed by atoms with Crippen molar-refractivity contribution in [2.75, 3.05) is 7.05 Å². The van der Waals surface area contributed by atoms with Crippen LogP contribution >= 0.6 is 0 Å². The number of nitrogens with one attached hydrogen (secondary N) is 2. The van der Waals surface area contributed by atoms with Crippen LogP contribution in [-0.4, -0.2) is 47.4 Å². The van der Waals surface area contributed by atoms with Gasteiger partial charge in [0.2, 0.25) is 17.7 Å². The van der Waals surface area contributed by atoms with E-state index in [2.05, 4.69) is 10.6 Å². The molecule has 0 aliphatic rings. The summed E-state index contributed by atoms with van der Waals surface area (Å²) in [5, 5.41) is 5.29. The second-order valence-corrected chi connectivity index (χ2v) is 9.28. The van der Waals surface area contributed by atoms with E-state index < -0.39 is 47.9 Å². The molecule has 4 amide bonds. The van der Waals surface area contributed by atoms with Gasteiger partial charge < -0.3 is 26.0 Å². The van der Waals surface area contributed by atoms with Crippen molar-refractivity contribution < 1.29 is 23.9 Å². The van der Waals surface area contributed by atoms with Crippen molar-refractivity contribution in [3.8, 4) is 0 Å². The van der Waals surface area contributed by atoms with Gasteiger partial charge in [-0.1, -0.05) is 54.6 Å².